The lowest BCUT2D eigenvalue weighted by molar-refractivity contribution is -0.110. The van der Waals surface area contributed by atoms with Gasteiger partial charge in [0.2, 0.25) is 0 Å². The molecule has 0 atom stereocenters. The van der Waals surface area contributed by atoms with Gasteiger partial charge in [-0.25, -0.2) is 0 Å². The summed E-state index contributed by atoms with van der Waals surface area (Å²) in [4.78, 5) is 12.3. The molecular weight excluding hydrogens is 290 g/mol. The smallest absolute Gasteiger partial charge is 0.256 e. The highest BCUT2D eigenvalue weighted by Crippen LogP contribution is 2.37. The van der Waals surface area contributed by atoms with Crippen molar-refractivity contribution in [1.82, 2.24) is 0 Å². The van der Waals surface area contributed by atoms with Gasteiger partial charge in [-0.15, -0.1) is 0 Å². The second-order valence-electron chi connectivity index (χ2n) is 5.60. The van der Waals surface area contributed by atoms with Crippen molar-refractivity contribution in [2.75, 3.05) is 12.4 Å². The predicted octanol–water partition coefficient (Wildman–Crippen LogP) is 3.98. The van der Waals surface area contributed by atoms with E-state index in [1.165, 1.54) is 0 Å². The highest BCUT2D eigenvalue weighted by Gasteiger charge is 2.24. The molecule has 2 aromatic carbocycles. The van der Waals surface area contributed by atoms with Crippen LogP contribution in [0.15, 0.2) is 42.5 Å². The van der Waals surface area contributed by atoms with Gasteiger partial charge in [0.15, 0.2) is 11.5 Å². The highest BCUT2D eigenvalue weighted by atomic mass is 16.5. The van der Waals surface area contributed by atoms with Crippen LogP contribution in [0.4, 0.5) is 5.69 Å². The maximum atomic E-state index is 12.3. The standard InChI is InChI=1S/C19H19NO3/c1-12(2)23-18-13(7-6-10-17(18)22-3)11-15-14-8-4-5-9-16(14)20-19(15)21/h4-12H,1-3H3,(H,20,21)/b15-11+. The fourth-order valence-corrected chi connectivity index (χ4v) is 2.61. The van der Waals surface area contributed by atoms with E-state index in [0.29, 0.717) is 17.1 Å². The van der Waals surface area contributed by atoms with Crippen LogP contribution in [-0.2, 0) is 4.79 Å². The summed E-state index contributed by atoms with van der Waals surface area (Å²) in [7, 11) is 1.61. The zero-order chi connectivity index (χ0) is 16.4. The Labute approximate surface area is 135 Å². The minimum absolute atomic E-state index is 0.00754. The largest absolute Gasteiger partial charge is 0.493 e. The van der Waals surface area contributed by atoms with E-state index in [2.05, 4.69) is 5.32 Å². The molecule has 0 bridgehead atoms. The van der Waals surface area contributed by atoms with Gasteiger partial charge >= 0.3 is 0 Å². The molecule has 4 nitrogen and oxygen atoms in total. The quantitative estimate of drug-likeness (QED) is 0.869. The van der Waals surface area contributed by atoms with Crippen molar-refractivity contribution in [1.29, 1.82) is 0 Å². The van der Waals surface area contributed by atoms with E-state index in [1.807, 2.05) is 62.4 Å². The molecule has 4 heteroatoms. The Bertz CT molecular complexity index is 778. The molecular formula is C19H19NO3. The number of fused-ring (bicyclic) bond motifs is 1. The molecule has 0 fully saturated rings. The van der Waals surface area contributed by atoms with Crippen LogP contribution >= 0.6 is 0 Å². The molecule has 1 amide bonds. The number of nitrogens with one attached hydrogen (secondary N) is 1. The Morgan fingerprint density at radius 1 is 1.09 bits per heavy atom. The van der Waals surface area contributed by atoms with Gasteiger partial charge in [0, 0.05) is 22.4 Å². The number of methoxy groups -OCH3 is 1. The molecule has 0 spiro atoms. The van der Waals surface area contributed by atoms with Crippen LogP contribution < -0.4 is 14.8 Å². The van der Waals surface area contributed by atoms with Gasteiger partial charge < -0.3 is 14.8 Å². The van der Waals surface area contributed by atoms with Crippen LogP contribution in [-0.4, -0.2) is 19.1 Å². The lowest BCUT2D eigenvalue weighted by Gasteiger charge is -2.16. The van der Waals surface area contributed by atoms with E-state index in [4.69, 9.17) is 9.47 Å². The van der Waals surface area contributed by atoms with Crippen LogP contribution in [0.2, 0.25) is 0 Å². The summed E-state index contributed by atoms with van der Waals surface area (Å²) in [5.74, 6) is 1.19. The summed E-state index contributed by atoms with van der Waals surface area (Å²) in [6.07, 6.45) is 1.86. The molecule has 0 radical (unpaired) electrons. The first-order valence-electron chi connectivity index (χ1n) is 7.56. The van der Waals surface area contributed by atoms with Gasteiger partial charge in [0.25, 0.3) is 5.91 Å². The van der Waals surface area contributed by atoms with Gasteiger partial charge in [-0.05, 0) is 32.1 Å². The lowest BCUT2D eigenvalue weighted by atomic mass is 10.0. The molecule has 2 aromatic rings. The third-order valence-electron chi connectivity index (χ3n) is 3.59. The van der Waals surface area contributed by atoms with Crippen molar-refractivity contribution < 1.29 is 14.3 Å². The van der Waals surface area contributed by atoms with Gasteiger partial charge in [-0.1, -0.05) is 30.3 Å². The molecule has 118 valence electrons. The first-order valence-corrected chi connectivity index (χ1v) is 7.56. The van der Waals surface area contributed by atoms with Gasteiger partial charge in [0.05, 0.1) is 13.2 Å². The van der Waals surface area contributed by atoms with Crippen molar-refractivity contribution >= 4 is 23.2 Å². The molecule has 0 unspecified atom stereocenters. The van der Waals surface area contributed by atoms with E-state index in [1.54, 1.807) is 7.11 Å². The molecule has 0 aromatic heterocycles. The van der Waals surface area contributed by atoms with Crippen LogP contribution in [0, 0.1) is 0 Å². The predicted molar refractivity (Wildman–Crippen MR) is 91.7 cm³/mol. The van der Waals surface area contributed by atoms with Crippen molar-refractivity contribution in [2.24, 2.45) is 0 Å². The summed E-state index contributed by atoms with van der Waals surface area (Å²) in [6.45, 7) is 3.92. The van der Waals surface area contributed by atoms with Crippen molar-refractivity contribution in [3.05, 3.63) is 53.6 Å². The fraction of sp³-hybridized carbons (Fsp3) is 0.211. The van der Waals surface area contributed by atoms with Gasteiger partial charge in [-0.3, -0.25) is 4.79 Å². The van der Waals surface area contributed by atoms with Crippen molar-refractivity contribution in [2.45, 2.75) is 20.0 Å². The molecule has 0 saturated carbocycles. The van der Waals surface area contributed by atoms with Crippen LogP contribution in [0.5, 0.6) is 11.5 Å². The molecule has 1 N–H and O–H groups in total. The summed E-state index contributed by atoms with van der Waals surface area (Å²) in [5, 5.41) is 2.88. The minimum atomic E-state index is -0.107. The van der Waals surface area contributed by atoms with E-state index >= 15 is 0 Å². The number of para-hydroxylation sites is 2. The average Bonchev–Trinajstić information content (AvgIpc) is 2.84. The third-order valence-corrected chi connectivity index (χ3v) is 3.59. The number of hydrogen-bond acceptors (Lipinski definition) is 3. The van der Waals surface area contributed by atoms with Crippen LogP contribution in [0.1, 0.15) is 25.0 Å². The van der Waals surface area contributed by atoms with Crippen molar-refractivity contribution in [3.63, 3.8) is 0 Å². The number of ether oxygens (including phenoxy) is 2. The molecule has 1 aliphatic heterocycles. The molecule has 0 saturated heterocycles. The van der Waals surface area contributed by atoms with E-state index in [-0.39, 0.29) is 12.0 Å². The monoisotopic (exact) mass is 309 g/mol. The normalized spacial score (nSPS) is 14.8. The Morgan fingerprint density at radius 3 is 2.61 bits per heavy atom. The summed E-state index contributed by atoms with van der Waals surface area (Å²) in [6, 6.07) is 13.3. The third kappa shape index (κ3) is 2.93. The number of carbonyl (C=O) groups is 1. The molecule has 0 aliphatic carbocycles. The SMILES string of the molecule is COc1cccc(/C=C2/C(=O)Nc3ccccc32)c1OC(C)C. The Hall–Kier alpha value is -2.75. The first kappa shape index (κ1) is 15.2. The number of anilines is 1. The Kier molecular flexibility index (Phi) is 4.06. The molecule has 3 rings (SSSR count). The van der Waals surface area contributed by atoms with Gasteiger partial charge in [0.1, 0.15) is 0 Å². The fourth-order valence-electron chi connectivity index (χ4n) is 2.61. The maximum Gasteiger partial charge on any atom is 0.256 e. The maximum absolute atomic E-state index is 12.3. The number of benzene rings is 2. The summed E-state index contributed by atoms with van der Waals surface area (Å²) < 4.78 is 11.3. The second-order valence-corrected chi connectivity index (χ2v) is 5.60. The second kappa shape index (κ2) is 6.16. The number of carbonyl (C=O) groups excluding carboxylic acids is 1. The topological polar surface area (TPSA) is 47.6 Å². The average molecular weight is 309 g/mol. The molecule has 1 aliphatic rings. The van der Waals surface area contributed by atoms with Crippen molar-refractivity contribution in [3.8, 4) is 11.5 Å². The zero-order valence-corrected chi connectivity index (χ0v) is 13.4. The first-order chi connectivity index (χ1) is 11.1. The van der Waals surface area contributed by atoms with Gasteiger partial charge in [-0.2, -0.15) is 0 Å². The number of hydrogen-bond donors (Lipinski definition) is 1. The number of rotatable bonds is 4. The van der Waals surface area contributed by atoms with E-state index in [9.17, 15) is 4.79 Å². The van der Waals surface area contributed by atoms with Crippen LogP contribution in [0.25, 0.3) is 11.6 Å². The highest BCUT2D eigenvalue weighted by molar-refractivity contribution is 6.35. The Morgan fingerprint density at radius 2 is 1.87 bits per heavy atom. The van der Waals surface area contributed by atoms with E-state index < -0.39 is 0 Å². The molecule has 23 heavy (non-hydrogen) atoms. The summed E-state index contributed by atoms with van der Waals surface area (Å²) in [5.41, 5.74) is 3.18. The minimum Gasteiger partial charge on any atom is -0.493 e. The Balaban J connectivity index is 2.11. The number of amides is 1. The summed E-state index contributed by atoms with van der Waals surface area (Å²) >= 11 is 0. The lowest BCUT2D eigenvalue weighted by Crippen LogP contribution is -2.08. The van der Waals surface area contributed by atoms with Crippen LogP contribution in [0.3, 0.4) is 0 Å². The zero-order valence-electron chi connectivity index (χ0n) is 13.4. The van der Waals surface area contributed by atoms with E-state index in [0.717, 1.165) is 16.8 Å². The molecule has 1 heterocycles.